The number of thiophene rings is 1. The molecular weight excluding hydrogens is 244 g/mol. The van der Waals surface area contributed by atoms with Gasteiger partial charge in [0.1, 0.15) is 0 Å². The second kappa shape index (κ2) is 4.71. The maximum atomic E-state index is 12.2. The lowest BCUT2D eigenvalue weighted by atomic mass is 10.0. The van der Waals surface area contributed by atoms with Gasteiger partial charge >= 0.3 is 0 Å². The number of hydrogen-bond donors (Lipinski definition) is 1. The predicted octanol–water partition coefficient (Wildman–Crippen LogP) is 2.99. The van der Waals surface area contributed by atoms with Gasteiger partial charge in [-0.05, 0) is 19.9 Å². The second-order valence-electron chi connectivity index (χ2n) is 5.24. The van der Waals surface area contributed by atoms with E-state index in [0.717, 1.165) is 11.1 Å². The van der Waals surface area contributed by atoms with Crippen LogP contribution in [0.1, 0.15) is 20.3 Å². The van der Waals surface area contributed by atoms with Crippen molar-refractivity contribution in [3.63, 3.8) is 0 Å². The highest BCUT2D eigenvalue weighted by Crippen LogP contribution is 2.32. The Balaban J connectivity index is 2.28. The molecule has 2 aromatic rings. The SMILES string of the molecule is CN(C(=O)CC(C)(C)N)c1csc2ccccc12. The van der Waals surface area contributed by atoms with Crippen LogP contribution in [0.2, 0.25) is 0 Å². The molecule has 2 N–H and O–H groups in total. The lowest BCUT2D eigenvalue weighted by molar-refractivity contribution is -0.119. The number of carbonyl (C=O) groups is 1. The van der Waals surface area contributed by atoms with Gasteiger partial charge in [0, 0.05) is 34.5 Å². The zero-order chi connectivity index (χ0) is 13.3. The summed E-state index contributed by atoms with van der Waals surface area (Å²) in [6.45, 7) is 3.73. The molecule has 3 nitrogen and oxygen atoms in total. The van der Waals surface area contributed by atoms with Crippen LogP contribution in [0.25, 0.3) is 10.1 Å². The molecule has 0 aliphatic carbocycles. The normalized spacial score (nSPS) is 11.8. The van der Waals surface area contributed by atoms with Crippen LogP contribution in [0.4, 0.5) is 5.69 Å². The highest BCUT2D eigenvalue weighted by atomic mass is 32.1. The van der Waals surface area contributed by atoms with Crippen molar-refractivity contribution in [2.75, 3.05) is 11.9 Å². The van der Waals surface area contributed by atoms with Gasteiger partial charge < -0.3 is 10.6 Å². The van der Waals surface area contributed by atoms with Gasteiger partial charge in [-0.2, -0.15) is 0 Å². The van der Waals surface area contributed by atoms with Crippen LogP contribution in [0.3, 0.4) is 0 Å². The summed E-state index contributed by atoms with van der Waals surface area (Å²) in [5, 5.41) is 3.14. The number of carbonyl (C=O) groups excluding carboxylic acids is 1. The van der Waals surface area contributed by atoms with Crippen molar-refractivity contribution in [2.45, 2.75) is 25.8 Å². The van der Waals surface area contributed by atoms with Gasteiger partial charge in [-0.1, -0.05) is 18.2 Å². The highest BCUT2D eigenvalue weighted by Gasteiger charge is 2.21. The summed E-state index contributed by atoms with van der Waals surface area (Å²) in [7, 11) is 1.81. The first-order chi connectivity index (χ1) is 8.38. The minimum Gasteiger partial charge on any atom is -0.325 e. The van der Waals surface area contributed by atoms with Crippen molar-refractivity contribution in [1.82, 2.24) is 0 Å². The fraction of sp³-hybridized carbons (Fsp3) is 0.357. The van der Waals surface area contributed by atoms with E-state index in [-0.39, 0.29) is 5.91 Å². The van der Waals surface area contributed by atoms with E-state index in [9.17, 15) is 4.79 Å². The molecule has 0 radical (unpaired) electrons. The van der Waals surface area contributed by atoms with Crippen LogP contribution in [0, 0.1) is 0 Å². The molecule has 18 heavy (non-hydrogen) atoms. The van der Waals surface area contributed by atoms with Gasteiger partial charge in [-0.15, -0.1) is 11.3 Å². The molecule has 1 heterocycles. The first kappa shape index (κ1) is 13.1. The van der Waals surface area contributed by atoms with Crippen molar-refractivity contribution in [3.05, 3.63) is 29.6 Å². The molecule has 0 spiro atoms. The van der Waals surface area contributed by atoms with Crippen LogP contribution in [0.5, 0.6) is 0 Å². The van der Waals surface area contributed by atoms with E-state index in [4.69, 9.17) is 5.73 Å². The maximum absolute atomic E-state index is 12.2. The molecule has 0 aliphatic rings. The minimum absolute atomic E-state index is 0.0473. The smallest absolute Gasteiger partial charge is 0.228 e. The number of fused-ring (bicyclic) bond motifs is 1. The van der Waals surface area contributed by atoms with Crippen molar-refractivity contribution in [3.8, 4) is 0 Å². The fourth-order valence-electron chi connectivity index (χ4n) is 1.87. The molecule has 0 fully saturated rings. The molecule has 0 bridgehead atoms. The first-order valence-corrected chi connectivity index (χ1v) is 6.78. The Labute approximate surface area is 111 Å². The van der Waals surface area contributed by atoms with E-state index in [2.05, 4.69) is 6.07 Å². The van der Waals surface area contributed by atoms with Crippen molar-refractivity contribution in [2.24, 2.45) is 5.73 Å². The van der Waals surface area contributed by atoms with Crippen LogP contribution in [0.15, 0.2) is 29.6 Å². The predicted molar refractivity (Wildman–Crippen MR) is 78.1 cm³/mol. The molecule has 0 atom stereocenters. The Bertz CT molecular complexity index is 568. The molecule has 1 aromatic heterocycles. The summed E-state index contributed by atoms with van der Waals surface area (Å²) in [6.07, 6.45) is 0.341. The summed E-state index contributed by atoms with van der Waals surface area (Å²) in [5.41, 5.74) is 6.38. The molecule has 2 rings (SSSR count). The lowest BCUT2D eigenvalue weighted by Gasteiger charge is -2.23. The fourth-order valence-corrected chi connectivity index (χ4v) is 2.85. The number of benzene rings is 1. The summed E-state index contributed by atoms with van der Waals surface area (Å²) < 4.78 is 1.19. The topological polar surface area (TPSA) is 46.3 Å². The van der Waals surface area contributed by atoms with Crippen LogP contribution >= 0.6 is 11.3 Å². The van der Waals surface area contributed by atoms with E-state index in [1.54, 1.807) is 16.2 Å². The second-order valence-corrected chi connectivity index (χ2v) is 6.15. The third-order valence-electron chi connectivity index (χ3n) is 2.80. The lowest BCUT2D eigenvalue weighted by Crippen LogP contribution is -2.39. The average molecular weight is 262 g/mol. The molecule has 96 valence electrons. The number of hydrogen-bond acceptors (Lipinski definition) is 3. The number of nitrogens with zero attached hydrogens (tertiary/aromatic N) is 1. The molecular formula is C14H18N2OS. The van der Waals surface area contributed by atoms with Crippen molar-refractivity contribution < 1.29 is 4.79 Å². The number of rotatable bonds is 3. The van der Waals surface area contributed by atoms with E-state index < -0.39 is 5.54 Å². The van der Waals surface area contributed by atoms with E-state index in [0.29, 0.717) is 6.42 Å². The molecule has 1 amide bonds. The molecule has 4 heteroatoms. The summed E-state index contributed by atoms with van der Waals surface area (Å²) in [4.78, 5) is 13.9. The van der Waals surface area contributed by atoms with Crippen LogP contribution < -0.4 is 10.6 Å². The highest BCUT2D eigenvalue weighted by molar-refractivity contribution is 7.17. The number of nitrogens with two attached hydrogens (primary N) is 1. The Morgan fingerprint density at radius 3 is 2.72 bits per heavy atom. The largest absolute Gasteiger partial charge is 0.325 e. The van der Waals surface area contributed by atoms with Gasteiger partial charge in [0.2, 0.25) is 5.91 Å². The van der Waals surface area contributed by atoms with E-state index in [1.165, 1.54) is 4.70 Å². The molecule has 0 saturated carbocycles. The summed E-state index contributed by atoms with van der Waals surface area (Å²) >= 11 is 1.65. The van der Waals surface area contributed by atoms with Gasteiger partial charge in [-0.25, -0.2) is 0 Å². The average Bonchev–Trinajstić information content (AvgIpc) is 2.69. The van der Waals surface area contributed by atoms with Gasteiger partial charge in [0.15, 0.2) is 0 Å². The Morgan fingerprint density at radius 1 is 1.39 bits per heavy atom. The van der Waals surface area contributed by atoms with Crippen molar-refractivity contribution >= 4 is 33.0 Å². The quantitative estimate of drug-likeness (QED) is 0.924. The molecule has 1 aromatic carbocycles. The number of anilines is 1. The third kappa shape index (κ3) is 2.71. The summed E-state index contributed by atoms with van der Waals surface area (Å²) in [6, 6.07) is 8.10. The van der Waals surface area contributed by atoms with Gasteiger partial charge in [0.25, 0.3) is 0 Å². The summed E-state index contributed by atoms with van der Waals surface area (Å²) in [5.74, 6) is 0.0473. The van der Waals surface area contributed by atoms with Crippen molar-refractivity contribution in [1.29, 1.82) is 0 Å². The van der Waals surface area contributed by atoms with Crippen LogP contribution in [-0.2, 0) is 4.79 Å². The van der Waals surface area contributed by atoms with Gasteiger partial charge in [-0.3, -0.25) is 4.79 Å². The maximum Gasteiger partial charge on any atom is 0.228 e. The molecule has 0 aliphatic heterocycles. The molecule has 0 saturated heterocycles. The Hall–Kier alpha value is -1.39. The minimum atomic E-state index is -0.475. The number of amides is 1. The standard InChI is InChI=1S/C14H18N2OS/c1-14(2,15)8-13(17)16(3)11-9-18-12-7-5-4-6-10(11)12/h4-7,9H,8,15H2,1-3H3. The Morgan fingerprint density at radius 2 is 2.06 bits per heavy atom. The van der Waals surface area contributed by atoms with Gasteiger partial charge in [0.05, 0.1) is 5.69 Å². The van der Waals surface area contributed by atoms with Crippen LogP contribution in [-0.4, -0.2) is 18.5 Å². The monoisotopic (exact) mass is 262 g/mol. The van der Waals surface area contributed by atoms with E-state index in [1.807, 2.05) is 44.5 Å². The first-order valence-electron chi connectivity index (χ1n) is 5.90. The third-order valence-corrected chi connectivity index (χ3v) is 3.75. The van der Waals surface area contributed by atoms with E-state index >= 15 is 0 Å². The zero-order valence-electron chi connectivity index (χ0n) is 10.9. The molecule has 0 unspecified atom stereocenters. The zero-order valence-corrected chi connectivity index (χ0v) is 11.8. The Kier molecular flexibility index (Phi) is 3.41.